The first-order valence-corrected chi connectivity index (χ1v) is 6.14. The van der Waals surface area contributed by atoms with Crippen LogP contribution in [-0.4, -0.2) is 25.6 Å². The van der Waals surface area contributed by atoms with Gasteiger partial charge in [0.2, 0.25) is 0 Å². The fraction of sp³-hybridized carbons (Fsp3) is 0.500. The van der Waals surface area contributed by atoms with Gasteiger partial charge in [0.1, 0.15) is 0 Å². The third-order valence-corrected chi connectivity index (χ3v) is 2.99. The number of hydrogen-bond donors (Lipinski definition) is 1. The summed E-state index contributed by atoms with van der Waals surface area (Å²) in [5, 5.41) is 3.18. The van der Waals surface area contributed by atoms with Crippen LogP contribution in [0, 0.1) is 0 Å². The Balaban J connectivity index is 2.57. The molecule has 0 aliphatic rings. The molecule has 0 spiro atoms. The van der Waals surface area contributed by atoms with Crippen molar-refractivity contribution in [2.45, 2.75) is 25.8 Å². The van der Waals surface area contributed by atoms with Crippen molar-refractivity contribution in [2.24, 2.45) is 0 Å². The lowest BCUT2D eigenvalue weighted by molar-refractivity contribution is 0.632. The van der Waals surface area contributed by atoms with Crippen LogP contribution in [0.3, 0.4) is 0 Å². The maximum Gasteiger partial charge on any atom is 0.0571 e. The predicted octanol–water partition coefficient (Wildman–Crippen LogP) is 2.76. The van der Waals surface area contributed by atoms with E-state index in [9.17, 15) is 0 Å². The molecular formula is C14H23N3. The highest BCUT2D eigenvalue weighted by Gasteiger charge is 2.05. The van der Waals surface area contributed by atoms with Crippen LogP contribution in [-0.2, 0) is 0 Å². The number of hydrogen-bond acceptors (Lipinski definition) is 3. The Morgan fingerprint density at radius 1 is 1.53 bits per heavy atom. The zero-order valence-corrected chi connectivity index (χ0v) is 11.1. The minimum Gasteiger partial charge on any atom is -0.373 e. The van der Waals surface area contributed by atoms with Crippen molar-refractivity contribution in [3.05, 3.63) is 36.7 Å². The van der Waals surface area contributed by atoms with Crippen LogP contribution in [0.4, 0.5) is 5.69 Å². The third-order valence-electron chi connectivity index (χ3n) is 2.99. The van der Waals surface area contributed by atoms with E-state index in [4.69, 9.17) is 0 Å². The van der Waals surface area contributed by atoms with Gasteiger partial charge < -0.3 is 10.2 Å². The molecule has 0 bridgehead atoms. The molecule has 94 valence electrons. The molecule has 1 aromatic rings. The monoisotopic (exact) mass is 233 g/mol. The fourth-order valence-electron chi connectivity index (χ4n) is 1.63. The molecule has 0 aliphatic carbocycles. The van der Waals surface area contributed by atoms with Gasteiger partial charge in [-0.25, -0.2) is 0 Å². The maximum absolute atomic E-state index is 4.47. The van der Waals surface area contributed by atoms with Crippen LogP contribution in [0.2, 0.25) is 0 Å². The zero-order valence-electron chi connectivity index (χ0n) is 11.1. The molecule has 1 heterocycles. The lowest BCUT2D eigenvalue weighted by Gasteiger charge is -2.19. The molecule has 0 amide bonds. The molecule has 3 heteroatoms. The van der Waals surface area contributed by atoms with E-state index in [0.717, 1.165) is 25.1 Å². The second-order valence-electron chi connectivity index (χ2n) is 4.30. The Labute approximate surface area is 105 Å². The molecule has 17 heavy (non-hydrogen) atoms. The number of rotatable bonds is 7. The summed E-state index contributed by atoms with van der Waals surface area (Å²) in [5.74, 6) is 0. The minimum atomic E-state index is 0.301. The van der Waals surface area contributed by atoms with E-state index in [-0.39, 0.29) is 0 Å². The molecule has 0 fully saturated rings. The molecule has 1 aromatic heterocycles. The van der Waals surface area contributed by atoms with E-state index in [2.05, 4.69) is 47.9 Å². The molecule has 1 rings (SSSR count). The number of nitrogens with zero attached hydrogens (tertiary/aromatic N) is 2. The standard InChI is InChI=1S/C14H23N3/c1-5-6-7-10-17(4)13-8-9-14(16-11-13)12(2)15-3/h5,8-9,11-12,15H,1,6-7,10H2,2-4H3. The molecule has 0 aromatic carbocycles. The van der Waals surface area contributed by atoms with Crippen molar-refractivity contribution < 1.29 is 0 Å². The van der Waals surface area contributed by atoms with Crippen LogP contribution >= 0.6 is 0 Å². The predicted molar refractivity (Wildman–Crippen MR) is 74.4 cm³/mol. The van der Waals surface area contributed by atoms with Gasteiger partial charge in [-0.15, -0.1) is 6.58 Å². The second-order valence-corrected chi connectivity index (χ2v) is 4.30. The molecule has 3 nitrogen and oxygen atoms in total. The summed E-state index contributed by atoms with van der Waals surface area (Å²) in [6.07, 6.45) is 6.10. The van der Waals surface area contributed by atoms with Gasteiger partial charge in [-0.3, -0.25) is 4.98 Å². The summed E-state index contributed by atoms with van der Waals surface area (Å²) in [7, 11) is 4.04. The first-order valence-electron chi connectivity index (χ1n) is 6.14. The first-order chi connectivity index (χ1) is 8.19. The van der Waals surface area contributed by atoms with E-state index < -0.39 is 0 Å². The summed E-state index contributed by atoms with van der Waals surface area (Å²) in [6.45, 7) is 6.88. The second kappa shape index (κ2) is 7.07. The first kappa shape index (κ1) is 13.7. The van der Waals surface area contributed by atoms with Crippen molar-refractivity contribution in [3.63, 3.8) is 0 Å². The van der Waals surface area contributed by atoms with Crippen LogP contribution in [0.1, 0.15) is 31.5 Å². The van der Waals surface area contributed by atoms with Crippen molar-refractivity contribution in [1.29, 1.82) is 0 Å². The SMILES string of the molecule is C=CCCCN(C)c1ccc(C(C)NC)nc1. The van der Waals surface area contributed by atoms with Crippen molar-refractivity contribution >= 4 is 5.69 Å². The van der Waals surface area contributed by atoms with Crippen molar-refractivity contribution in [3.8, 4) is 0 Å². The van der Waals surface area contributed by atoms with E-state index in [1.165, 1.54) is 5.69 Å². The van der Waals surface area contributed by atoms with E-state index >= 15 is 0 Å². The number of anilines is 1. The van der Waals surface area contributed by atoms with Gasteiger partial charge in [-0.05, 0) is 38.9 Å². The van der Waals surface area contributed by atoms with Crippen LogP contribution in [0.15, 0.2) is 31.0 Å². The van der Waals surface area contributed by atoms with Crippen molar-refractivity contribution in [1.82, 2.24) is 10.3 Å². The van der Waals surface area contributed by atoms with Crippen LogP contribution in [0.5, 0.6) is 0 Å². The highest BCUT2D eigenvalue weighted by molar-refractivity contribution is 5.43. The molecule has 0 saturated carbocycles. The summed E-state index contributed by atoms with van der Waals surface area (Å²) in [4.78, 5) is 6.70. The average Bonchev–Trinajstić information content (AvgIpc) is 2.38. The summed E-state index contributed by atoms with van der Waals surface area (Å²) < 4.78 is 0. The van der Waals surface area contributed by atoms with Crippen molar-refractivity contribution in [2.75, 3.05) is 25.5 Å². The van der Waals surface area contributed by atoms with Gasteiger partial charge in [0, 0.05) is 19.6 Å². The molecule has 0 radical (unpaired) electrons. The van der Waals surface area contributed by atoms with Gasteiger partial charge in [0.15, 0.2) is 0 Å². The highest BCUT2D eigenvalue weighted by atomic mass is 15.1. The third kappa shape index (κ3) is 4.19. The van der Waals surface area contributed by atoms with E-state index in [1.807, 2.05) is 19.3 Å². The molecular weight excluding hydrogens is 210 g/mol. The Hall–Kier alpha value is -1.35. The van der Waals surface area contributed by atoms with E-state index in [1.54, 1.807) is 0 Å². The Morgan fingerprint density at radius 2 is 2.29 bits per heavy atom. The summed E-state index contributed by atoms with van der Waals surface area (Å²) in [5.41, 5.74) is 2.25. The molecule has 1 atom stereocenters. The van der Waals surface area contributed by atoms with Crippen LogP contribution < -0.4 is 10.2 Å². The normalized spacial score (nSPS) is 12.2. The quantitative estimate of drug-likeness (QED) is 0.580. The topological polar surface area (TPSA) is 28.2 Å². The van der Waals surface area contributed by atoms with Gasteiger partial charge in [0.25, 0.3) is 0 Å². The number of nitrogens with one attached hydrogen (secondary N) is 1. The Bertz CT molecular complexity index is 332. The Kier molecular flexibility index (Phi) is 5.70. The zero-order chi connectivity index (χ0) is 12.7. The van der Waals surface area contributed by atoms with Gasteiger partial charge in [-0.2, -0.15) is 0 Å². The van der Waals surface area contributed by atoms with Gasteiger partial charge in [0.05, 0.1) is 17.6 Å². The van der Waals surface area contributed by atoms with Crippen LogP contribution in [0.25, 0.3) is 0 Å². The summed E-state index contributed by atoms with van der Waals surface area (Å²) in [6, 6.07) is 4.51. The minimum absolute atomic E-state index is 0.301. The maximum atomic E-state index is 4.47. The highest BCUT2D eigenvalue weighted by Crippen LogP contribution is 2.15. The van der Waals surface area contributed by atoms with Gasteiger partial charge in [-0.1, -0.05) is 6.08 Å². The number of allylic oxidation sites excluding steroid dienone is 1. The van der Waals surface area contributed by atoms with Gasteiger partial charge >= 0.3 is 0 Å². The molecule has 0 saturated heterocycles. The lowest BCUT2D eigenvalue weighted by atomic mass is 10.2. The number of aromatic nitrogens is 1. The van der Waals surface area contributed by atoms with E-state index in [0.29, 0.717) is 6.04 Å². The number of pyridine rings is 1. The molecule has 1 unspecified atom stereocenters. The molecule has 0 aliphatic heterocycles. The average molecular weight is 233 g/mol. The lowest BCUT2D eigenvalue weighted by Crippen LogP contribution is -2.19. The Morgan fingerprint density at radius 3 is 2.82 bits per heavy atom. The number of unbranched alkanes of at least 4 members (excludes halogenated alkanes) is 1. The summed E-state index contributed by atoms with van der Waals surface area (Å²) >= 11 is 0. The largest absolute Gasteiger partial charge is 0.373 e. The smallest absolute Gasteiger partial charge is 0.0571 e. The molecule has 1 N–H and O–H groups in total. The fourth-order valence-corrected chi connectivity index (χ4v) is 1.63.